The van der Waals surface area contributed by atoms with Crippen molar-refractivity contribution in [2.75, 3.05) is 19.8 Å². The first kappa shape index (κ1) is 10.0. The SMILES string of the molecule is CC(C)(CO)C1(C)CCOCC1. The first-order valence-electron chi connectivity index (χ1n) is 4.70. The fourth-order valence-electron chi connectivity index (χ4n) is 1.69. The lowest BCUT2D eigenvalue weighted by Gasteiger charge is -2.45. The Morgan fingerprint density at radius 1 is 1.33 bits per heavy atom. The summed E-state index contributed by atoms with van der Waals surface area (Å²) >= 11 is 0. The number of aliphatic hydroxyl groups is 1. The topological polar surface area (TPSA) is 29.5 Å². The molecule has 2 nitrogen and oxygen atoms in total. The Kier molecular flexibility index (Phi) is 2.79. The van der Waals surface area contributed by atoms with E-state index in [1.807, 2.05) is 0 Å². The summed E-state index contributed by atoms with van der Waals surface area (Å²) in [7, 11) is 0. The maximum Gasteiger partial charge on any atom is 0.0487 e. The third-order valence-electron chi connectivity index (χ3n) is 3.63. The molecule has 0 amide bonds. The first-order chi connectivity index (χ1) is 5.52. The van der Waals surface area contributed by atoms with Crippen molar-refractivity contribution in [2.45, 2.75) is 33.6 Å². The van der Waals surface area contributed by atoms with Crippen LogP contribution in [0.25, 0.3) is 0 Å². The highest BCUT2D eigenvalue weighted by molar-refractivity contribution is 4.90. The fourth-order valence-corrected chi connectivity index (χ4v) is 1.69. The van der Waals surface area contributed by atoms with Gasteiger partial charge in [0.15, 0.2) is 0 Å². The zero-order chi connectivity index (χ0) is 9.24. The third-order valence-corrected chi connectivity index (χ3v) is 3.63. The molecule has 0 aromatic heterocycles. The third kappa shape index (κ3) is 1.64. The minimum Gasteiger partial charge on any atom is -0.396 e. The molecule has 1 heterocycles. The Bertz CT molecular complexity index is 146. The van der Waals surface area contributed by atoms with Gasteiger partial charge < -0.3 is 9.84 Å². The molecule has 1 aliphatic heterocycles. The van der Waals surface area contributed by atoms with E-state index in [2.05, 4.69) is 20.8 Å². The number of hydrogen-bond acceptors (Lipinski definition) is 2. The van der Waals surface area contributed by atoms with E-state index in [-0.39, 0.29) is 17.4 Å². The van der Waals surface area contributed by atoms with Crippen LogP contribution in [0.2, 0.25) is 0 Å². The molecule has 0 atom stereocenters. The van der Waals surface area contributed by atoms with Gasteiger partial charge in [-0.15, -0.1) is 0 Å². The summed E-state index contributed by atoms with van der Waals surface area (Å²) in [4.78, 5) is 0. The monoisotopic (exact) mass is 172 g/mol. The van der Waals surface area contributed by atoms with E-state index in [1.54, 1.807) is 0 Å². The number of hydrogen-bond donors (Lipinski definition) is 1. The summed E-state index contributed by atoms with van der Waals surface area (Å²) in [6.07, 6.45) is 2.14. The average Bonchev–Trinajstić information content (AvgIpc) is 2.06. The largest absolute Gasteiger partial charge is 0.396 e. The predicted molar refractivity (Wildman–Crippen MR) is 49.0 cm³/mol. The van der Waals surface area contributed by atoms with Crippen LogP contribution in [-0.4, -0.2) is 24.9 Å². The molecule has 72 valence electrons. The minimum atomic E-state index is 0.0246. The number of ether oxygens (including phenoxy) is 1. The highest BCUT2D eigenvalue weighted by Gasteiger charge is 2.41. The summed E-state index contributed by atoms with van der Waals surface area (Å²) in [5.74, 6) is 0. The summed E-state index contributed by atoms with van der Waals surface area (Å²) < 4.78 is 5.32. The molecule has 0 aromatic rings. The van der Waals surface area contributed by atoms with Crippen molar-refractivity contribution < 1.29 is 9.84 Å². The number of rotatable bonds is 2. The second kappa shape index (κ2) is 3.35. The van der Waals surface area contributed by atoms with Gasteiger partial charge in [-0.2, -0.15) is 0 Å². The van der Waals surface area contributed by atoms with Gasteiger partial charge in [-0.25, -0.2) is 0 Å². The van der Waals surface area contributed by atoms with Crippen LogP contribution < -0.4 is 0 Å². The summed E-state index contributed by atoms with van der Waals surface area (Å²) in [5.41, 5.74) is 0.275. The van der Waals surface area contributed by atoms with E-state index in [1.165, 1.54) is 0 Å². The van der Waals surface area contributed by atoms with Crippen molar-refractivity contribution in [1.82, 2.24) is 0 Å². The molecule has 0 spiro atoms. The van der Waals surface area contributed by atoms with Crippen molar-refractivity contribution in [3.05, 3.63) is 0 Å². The Morgan fingerprint density at radius 2 is 1.83 bits per heavy atom. The molecule has 1 fully saturated rings. The molecular formula is C10H20O2. The van der Waals surface area contributed by atoms with Crippen LogP contribution in [0.4, 0.5) is 0 Å². The van der Waals surface area contributed by atoms with Gasteiger partial charge >= 0.3 is 0 Å². The van der Waals surface area contributed by atoms with Crippen LogP contribution in [0.5, 0.6) is 0 Å². The van der Waals surface area contributed by atoms with Crippen LogP contribution in [0.1, 0.15) is 33.6 Å². The van der Waals surface area contributed by atoms with Gasteiger partial charge in [-0.3, -0.25) is 0 Å². The lowest BCUT2D eigenvalue weighted by molar-refractivity contribution is -0.0630. The van der Waals surface area contributed by atoms with Crippen LogP contribution >= 0.6 is 0 Å². The van der Waals surface area contributed by atoms with E-state index in [0.29, 0.717) is 0 Å². The van der Waals surface area contributed by atoms with Crippen molar-refractivity contribution in [3.63, 3.8) is 0 Å². The Labute approximate surface area is 74.9 Å². The van der Waals surface area contributed by atoms with Gasteiger partial charge in [-0.05, 0) is 23.7 Å². The molecule has 0 unspecified atom stereocenters. The molecule has 0 saturated carbocycles. The van der Waals surface area contributed by atoms with Crippen LogP contribution in [0, 0.1) is 10.8 Å². The van der Waals surface area contributed by atoms with Crippen LogP contribution in [0.3, 0.4) is 0 Å². The molecule has 12 heavy (non-hydrogen) atoms. The van der Waals surface area contributed by atoms with Gasteiger partial charge in [0.1, 0.15) is 0 Å². The molecule has 0 aliphatic carbocycles. The average molecular weight is 172 g/mol. The predicted octanol–water partition coefficient (Wildman–Crippen LogP) is 1.82. The maximum absolute atomic E-state index is 9.27. The Balaban J connectivity index is 2.68. The molecule has 2 heteroatoms. The van der Waals surface area contributed by atoms with Gasteiger partial charge in [-0.1, -0.05) is 20.8 Å². The van der Waals surface area contributed by atoms with Gasteiger partial charge in [0.05, 0.1) is 0 Å². The highest BCUT2D eigenvalue weighted by Crippen LogP contribution is 2.45. The second-order valence-corrected chi connectivity index (χ2v) is 4.72. The van der Waals surface area contributed by atoms with Gasteiger partial charge in [0, 0.05) is 19.8 Å². The highest BCUT2D eigenvalue weighted by atomic mass is 16.5. The molecular weight excluding hydrogens is 152 g/mol. The number of aliphatic hydroxyl groups excluding tert-OH is 1. The lowest BCUT2D eigenvalue weighted by Crippen LogP contribution is -2.42. The first-order valence-corrected chi connectivity index (χ1v) is 4.70. The Hall–Kier alpha value is -0.0800. The Morgan fingerprint density at radius 3 is 2.25 bits per heavy atom. The summed E-state index contributed by atoms with van der Waals surface area (Å²) in [6, 6.07) is 0. The van der Waals surface area contributed by atoms with Crippen molar-refractivity contribution in [1.29, 1.82) is 0 Å². The van der Waals surface area contributed by atoms with Crippen LogP contribution in [0.15, 0.2) is 0 Å². The van der Waals surface area contributed by atoms with E-state index >= 15 is 0 Å². The molecule has 1 N–H and O–H groups in total. The molecule has 0 radical (unpaired) electrons. The second-order valence-electron chi connectivity index (χ2n) is 4.72. The fraction of sp³-hybridized carbons (Fsp3) is 1.00. The molecule has 1 saturated heterocycles. The smallest absolute Gasteiger partial charge is 0.0487 e. The van der Waals surface area contributed by atoms with E-state index in [9.17, 15) is 5.11 Å². The van der Waals surface area contributed by atoms with Gasteiger partial charge in [0.2, 0.25) is 0 Å². The lowest BCUT2D eigenvalue weighted by atomic mass is 9.63. The molecule has 1 rings (SSSR count). The molecule has 1 aliphatic rings. The summed E-state index contributed by atoms with van der Waals surface area (Å²) in [5, 5.41) is 9.27. The van der Waals surface area contributed by atoms with E-state index in [4.69, 9.17) is 4.74 Å². The van der Waals surface area contributed by atoms with Crippen molar-refractivity contribution in [3.8, 4) is 0 Å². The molecule has 0 aromatic carbocycles. The van der Waals surface area contributed by atoms with E-state index < -0.39 is 0 Å². The minimum absolute atomic E-state index is 0.0246. The summed E-state index contributed by atoms with van der Waals surface area (Å²) in [6.45, 7) is 8.49. The zero-order valence-corrected chi connectivity index (χ0v) is 8.39. The zero-order valence-electron chi connectivity index (χ0n) is 8.39. The molecule has 0 bridgehead atoms. The van der Waals surface area contributed by atoms with E-state index in [0.717, 1.165) is 26.1 Å². The normalized spacial score (nSPS) is 24.0. The van der Waals surface area contributed by atoms with Gasteiger partial charge in [0.25, 0.3) is 0 Å². The quantitative estimate of drug-likeness (QED) is 0.688. The maximum atomic E-state index is 9.27. The van der Waals surface area contributed by atoms with Crippen LogP contribution in [-0.2, 0) is 4.74 Å². The standard InChI is InChI=1S/C10H20O2/c1-9(2,8-11)10(3)4-6-12-7-5-10/h11H,4-8H2,1-3H3. The van der Waals surface area contributed by atoms with Crippen molar-refractivity contribution in [2.24, 2.45) is 10.8 Å². The van der Waals surface area contributed by atoms with Crippen molar-refractivity contribution >= 4 is 0 Å².